The molecule has 4 N–H and O–H groups in total. The van der Waals surface area contributed by atoms with Crippen molar-refractivity contribution in [3.05, 3.63) is 17.5 Å². The highest BCUT2D eigenvalue weighted by Crippen LogP contribution is 2.15. The van der Waals surface area contributed by atoms with E-state index in [1.54, 1.807) is 6.07 Å². The molecule has 2 rings (SSSR count). The highest BCUT2D eigenvalue weighted by Gasteiger charge is 2.17. The number of amides is 1. The summed E-state index contributed by atoms with van der Waals surface area (Å²) in [5, 5.41) is 16.0. The molecule has 90 valence electrons. The molecule has 0 saturated carbocycles. The van der Waals surface area contributed by atoms with Crippen molar-refractivity contribution in [2.45, 2.75) is 19.8 Å². The number of hydrogen-bond acceptors (Lipinski definition) is 6. The zero-order valence-electron chi connectivity index (χ0n) is 9.39. The van der Waals surface area contributed by atoms with E-state index in [-0.39, 0.29) is 11.5 Å². The molecule has 1 amide bonds. The van der Waals surface area contributed by atoms with Gasteiger partial charge in [-0.1, -0.05) is 13.8 Å². The van der Waals surface area contributed by atoms with Crippen LogP contribution in [0.4, 0.5) is 11.6 Å². The molecule has 0 aliphatic carbocycles. The lowest BCUT2D eigenvalue weighted by atomic mass is 10.1. The third-order valence-electron chi connectivity index (χ3n) is 2.19. The summed E-state index contributed by atoms with van der Waals surface area (Å²) in [7, 11) is 0. The van der Waals surface area contributed by atoms with E-state index in [0.717, 1.165) is 5.69 Å². The van der Waals surface area contributed by atoms with E-state index in [1.807, 2.05) is 13.8 Å². The number of aromatic amines is 1. The van der Waals surface area contributed by atoms with Crippen molar-refractivity contribution in [2.24, 2.45) is 0 Å². The topological polar surface area (TPSA) is 123 Å². The predicted molar refractivity (Wildman–Crippen MR) is 59.3 cm³/mol. The molecule has 2 aromatic heterocycles. The Hall–Kier alpha value is -2.38. The van der Waals surface area contributed by atoms with E-state index in [2.05, 4.69) is 30.5 Å². The molecule has 8 heteroatoms. The molecule has 0 atom stereocenters. The Balaban J connectivity index is 2.11. The van der Waals surface area contributed by atoms with Gasteiger partial charge in [0.1, 0.15) is 0 Å². The molecular weight excluding hydrogens is 224 g/mol. The van der Waals surface area contributed by atoms with Crippen LogP contribution in [-0.2, 0) is 0 Å². The maximum absolute atomic E-state index is 11.7. The van der Waals surface area contributed by atoms with E-state index in [9.17, 15) is 4.79 Å². The summed E-state index contributed by atoms with van der Waals surface area (Å²) in [4.78, 5) is 11.7. The largest absolute Gasteiger partial charge is 0.379 e. The molecule has 0 aliphatic heterocycles. The number of nitrogens with two attached hydrogens (primary N) is 1. The van der Waals surface area contributed by atoms with Gasteiger partial charge in [-0.15, -0.1) is 0 Å². The van der Waals surface area contributed by atoms with E-state index < -0.39 is 5.91 Å². The second-order valence-electron chi connectivity index (χ2n) is 3.82. The highest BCUT2D eigenvalue weighted by atomic mass is 16.6. The molecule has 2 heterocycles. The van der Waals surface area contributed by atoms with Crippen LogP contribution in [0, 0.1) is 0 Å². The Bertz CT molecular complexity index is 529. The summed E-state index contributed by atoms with van der Waals surface area (Å²) in [6.45, 7) is 4.03. The molecule has 0 aromatic carbocycles. The molecule has 0 saturated heterocycles. The predicted octanol–water partition coefficient (Wildman–Crippen LogP) is 0.751. The standard InChI is InChI=1S/C9H12N6O2/c1-4(2)5-3-6(13-12-5)11-9(16)7-8(10)15-17-14-7/h3-4H,1-2H3,(H2,10,15)(H2,11,12,13,16). The molecule has 8 nitrogen and oxygen atoms in total. The monoisotopic (exact) mass is 236 g/mol. The van der Waals surface area contributed by atoms with E-state index >= 15 is 0 Å². The Kier molecular flexibility index (Phi) is 2.77. The van der Waals surface area contributed by atoms with Crippen molar-refractivity contribution in [3.8, 4) is 0 Å². The lowest BCUT2D eigenvalue weighted by molar-refractivity contribution is 0.101. The summed E-state index contributed by atoms with van der Waals surface area (Å²) in [5.41, 5.74) is 6.26. The Morgan fingerprint density at radius 3 is 2.82 bits per heavy atom. The van der Waals surface area contributed by atoms with Crippen molar-refractivity contribution in [2.75, 3.05) is 11.1 Å². The zero-order valence-corrected chi connectivity index (χ0v) is 9.39. The second-order valence-corrected chi connectivity index (χ2v) is 3.82. The van der Waals surface area contributed by atoms with Crippen LogP contribution >= 0.6 is 0 Å². The maximum Gasteiger partial charge on any atom is 0.283 e. The van der Waals surface area contributed by atoms with Gasteiger partial charge < -0.3 is 11.1 Å². The number of nitrogens with zero attached hydrogens (tertiary/aromatic N) is 3. The second kappa shape index (κ2) is 4.24. The SMILES string of the molecule is CC(C)c1cc(NC(=O)c2nonc2N)n[nH]1. The quantitative estimate of drug-likeness (QED) is 0.722. The summed E-state index contributed by atoms with van der Waals surface area (Å²) >= 11 is 0. The van der Waals surface area contributed by atoms with E-state index in [1.165, 1.54) is 0 Å². The van der Waals surface area contributed by atoms with Gasteiger partial charge in [-0.05, 0) is 16.2 Å². The smallest absolute Gasteiger partial charge is 0.283 e. The zero-order chi connectivity index (χ0) is 12.4. The average molecular weight is 236 g/mol. The van der Waals surface area contributed by atoms with Gasteiger partial charge in [-0.3, -0.25) is 9.89 Å². The summed E-state index contributed by atoms with van der Waals surface area (Å²) in [5.74, 6) is 0.140. The number of aromatic nitrogens is 4. The number of carbonyl (C=O) groups is 1. The maximum atomic E-state index is 11.7. The van der Waals surface area contributed by atoms with Crippen molar-refractivity contribution >= 4 is 17.5 Å². The molecule has 0 spiro atoms. The van der Waals surface area contributed by atoms with Crippen LogP contribution in [0.15, 0.2) is 10.7 Å². The van der Waals surface area contributed by atoms with Crippen LogP contribution in [0.3, 0.4) is 0 Å². The van der Waals surface area contributed by atoms with E-state index in [4.69, 9.17) is 5.73 Å². The Morgan fingerprint density at radius 2 is 2.29 bits per heavy atom. The van der Waals surface area contributed by atoms with Gasteiger partial charge in [0.2, 0.25) is 11.5 Å². The number of H-pyrrole nitrogens is 1. The number of rotatable bonds is 3. The molecule has 2 aromatic rings. The lowest BCUT2D eigenvalue weighted by Gasteiger charge is -1.98. The summed E-state index contributed by atoms with van der Waals surface area (Å²) in [6.07, 6.45) is 0. The van der Waals surface area contributed by atoms with Crippen LogP contribution in [-0.4, -0.2) is 26.4 Å². The third kappa shape index (κ3) is 2.25. The molecule has 0 bridgehead atoms. The van der Waals surface area contributed by atoms with Crippen LogP contribution in [0.25, 0.3) is 0 Å². The molecule has 0 fully saturated rings. The molecule has 0 unspecified atom stereocenters. The molecular formula is C9H12N6O2. The summed E-state index contributed by atoms with van der Waals surface area (Å²) < 4.78 is 4.33. The number of carbonyl (C=O) groups excluding carboxylic acids is 1. The first kappa shape index (κ1) is 11.1. The van der Waals surface area contributed by atoms with Crippen molar-refractivity contribution < 1.29 is 9.42 Å². The van der Waals surface area contributed by atoms with Crippen molar-refractivity contribution in [1.82, 2.24) is 20.5 Å². The third-order valence-corrected chi connectivity index (χ3v) is 2.19. The number of anilines is 2. The number of nitrogens with one attached hydrogen (secondary N) is 2. The minimum atomic E-state index is -0.509. The summed E-state index contributed by atoms with van der Waals surface area (Å²) in [6, 6.07) is 1.74. The van der Waals surface area contributed by atoms with Gasteiger partial charge in [-0.2, -0.15) is 5.10 Å². The Morgan fingerprint density at radius 1 is 1.53 bits per heavy atom. The molecule has 0 aliphatic rings. The van der Waals surface area contributed by atoms with Gasteiger partial charge in [0, 0.05) is 11.8 Å². The lowest BCUT2D eigenvalue weighted by Crippen LogP contribution is -2.14. The van der Waals surface area contributed by atoms with Gasteiger partial charge >= 0.3 is 0 Å². The first-order valence-electron chi connectivity index (χ1n) is 5.02. The van der Waals surface area contributed by atoms with Crippen LogP contribution in [0.2, 0.25) is 0 Å². The van der Waals surface area contributed by atoms with E-state index in [0.29, 0.717) is 11.7 Å². The minimum Gasteiger partial charge on any atom is -0.379 e. The Labute approximate surface area is 96.5 Å². The first-order chi connectivity index (χ1) is 8.08. The fourth-order valence-electron chi connectivity index (χ4n) is 1.22. The average Bonchev–Trinajstić information content (AvgIpc) is 2.86. The first-order valence-corrected chi connectivity index (χ1v) is 5.02. The molecule has 17 heavy (non-hydrogen) atoms. The number of nitrogen functional groups attached to an aromatic ring is 1. The number of hydrogen-bond donors (Lipinski definition) is 3. The van der Waals surface area contributed by atoms with Gasteiger partial charge in [0.05, 0.1) is 0 Å². The van der Waals surface area contributed by atoms with Crippen LogP contribution < -0.4 is 11.1 Å². The van der Waals surface area contributed by atoms with Crippen LogP contribution in [0.1, 0.15) is 35.9 Å². The van der Waals surface area contributed by atoms with Gasteiger partial charge in [-0.25, -0.2) is 4.63 Å². The highest BCUT2D eigenvalue weighted by molar-refractivity contribution is 6.04. The van der Waals surface area contributed by atoms with Crippen molar-refractivity contribution in [3.63, 3.8) is 0 Å². The minimum absolute atomic E-state index is 0.0536. The van der Waals surface area contributed by atoms with Crippen LogP contribution in [0.5, 0.6) is 0 Å². The fraction of sp³-hybridized carbons (Fsp3) is 0.333. The normalized spacial score (nSPS) is 10.8. The fourth-order valence-corrected chi connectivity index (χ4v) is 1.22. The van der Waals surface area contributed by atoms with Crippen molar-refractivity contribution in [1.29, 1.82) is 0 Å². The molecule has 0 radical (unpaired) electrons. The van der Waals surface area contributed by atoms with Gasteiger partial charge in [0.15, 0.2) is 5.82 Å². The van der Waals surface area contributed by atoms with Gasteiger partial charge in [0.25, 0.3) is 5.91 Å².